The summed E-state index contributed by atoms with van der Waals surface area (Å²) in [6.45, 7) is 8.37. The molecule has 0 radical (unpaired) electrons. The fourth-order valence-corrected chi connectivity index (χ4v) is 7.30. The van der Waals surface area contributed by atoms with Gasteiger partial charge in [-0.3, -0.25) is 9.36 Å². The highest BCUT2D eigenvalue weighted by Gasteiger charge is 2.39. The molecule has 0 aliphatic carbocycles. The number of aromatic nitrogens is 2. The van der Waals surface area contributed by atoms with Crippen molar-refractivity contribution in [2.45, 2.75) is 56.4 Å². The maximum Gasteiger partial charge on any atom is 0.417 e. The van der Waals surface area contributed by atoms with Gasteiger partial charge in [-0.05, 0) is 60.8 Å². The second kappa shape index (κ2) is 12.8. The lowest BCUT2D eigenvalue weighted by molar-refractivity contribution is -0.137. The lowest BCUT2D eigenvalue weighted by atomic mass is 9.95. The van der Waals surface area contributed by atoms with Gasteiger partial charge in [0.15, 0.2) is 0 Å². The molecule has 2 aliphatic heterocycles. The molecular formula is C30H30BrF5N4O3S. The van der Waals surface area contributed by atoms with Crippen LogP contribution in [0.2, 0.25) is 0 Å². The number of rotatable bonds is 3. The van der Waals surface area contributed by atoms with Crippen LogP contribution in [0.25, 0.3) is 22.0 Å². The van der Waals surface area contributed by atoms with Crippen LogP contribution in [-0.2, 0) is 22.3 Å². The van der Waals surface area contributed by atoms with E-state index in [2.05, 4.69) is 27.5 Å². The van der Waals surface area contributed by atoms with Crippen LogP contribution in [0.3, 0.4) is 0 Å². The van der Waals surface area contributed by atoms with Crippen molar-refractivity contribution in [3.8, 4) is 11.1 Å². The van der Waals surface area contributed by atoms with E-state index in [1.165, 1.54) is 10.6 Å². The predicted octanol–water partition coefficient (Wildman–Crippen LogP) is 6.64. The number of benzene rings is 2. The molecule has 0 N–H and O–H groups in total. The van der Waals surface area contributed by atoms with Crippen molar-refractivity contribution in [2.24, 2.45) is 0 Å². The maximum absolute atomic E-state index is 15.4. The zero-order valence-electron chi connectivity index (χ0n) is 24.0. The van der Waals surface area contributed by atoms with Crippen molar-refractivity contribution >= 4 is 50.3 Å². The topological polar surface area (TPSA) is 67.7 Å². The average molecular weight is 702 g/mol. The van der Waals surface area contributed by atoms with Crippen LogP contribution in [0.4, 0.5) is 27.8 Å². The van der Waals surface area contributed by atoms with Crippen molar-refractivity contribution < 1.29 is 31.5 Å². The smallest absolute Gasteiger partial charge is 0.381 e. The van der Waals surface area contributed by atoms with E-state index in [9.17, 15) is 27.2 Å². The quantitative estimate of drug-likeness (QED) is 0.174. The molecule has 2 atom stereocenters. The van der Waals surface area contributed by atoms with Gasteiger partial charge in [0.25, 0.3) is 0 Å². The van der Waals surface area contributed by atoms with Gasteiger partial charge in [0.1, 0.15) is 17.5 Å². The van der Waals surface area contributed by atoms with Gasteiger partial charge in [-0.2, -0.15) is 18.2 Å². The summed E-state index contributed by atoms with van der Waals surface area (Å²) >= 11 is 4.06. The molecule has 5 rings (SSSR count). The number of nitrogens with zero attached hydrogens (tertiary/aromatic N) is 4. The summed E-state index contributed by atoms with van der Waals surface area (Å²) < 4.78 is 81.3. The number of hydrogen-bond acceptors (Lipinski definition) is 6. The number of ether oxygens (including phenoxy) is 1. The zero-order chi connectivity index (χ0) is 31.9. The number of carbonyl (C=O) groups excluding carboxylic acids is 1. The molecule has 1 fully saturated rings. The van der Waals surface area contributed by atoms with E-state index in [-0.39, 0.29) is 57.7 Å². The Morgan fingerprint density at radius 2 is 1.84 bits per heavy atom. The Morgan fingerprint density at radius 1 is 1.11 bits per heavy atom. The van der Waals surface area contributed by atoms with Gasteiger partial charge in [-0.25, -0.2) is 13.6 Å². The number of carbonyl (C=O) groups is 1. The summed E-state index contributed by atoms with van der Waals surface area (Å²) in [5.41, 5.74) is -2.53. The summed E-state index contributed by atoms with van der Waals surface area (Å²) in [6, 6.07) is 1.68. The molecule has 0 spiro atoms. The molecule has 1 aromatic heterocycles. The van der Waals surface area contributed by atoms with E-state index >= 15 is 4.39 Å². The number of alkyl halides is 3. The van der Waals surface area contributed by atoms with Gasteiger partial charge < -0.3 is 14.5 Å². The minimum absolute atomic E-state index is 0.0519. The van der Waals surface area contributed by atoms with Gasteiger partial charge in [-0.15, -0.1) is 11.8 Å². The molecule has 3 heterocycles. The lowest BCUT2D eigenvalue weighted by Gasteiger charge is -2.44. The molecule has 1 amide bonds. The van der Waals surface area contributed by atoms with Crippen LogP contribution < -0.4 is 10.6 Å². The molecule has 1 saturated heterocycles. The summed E-state index contributed by atoms with van der Waals surface area (Å²) in [7, 11) is 0. The van der Waals surface area contributed by atoms with E-state index < -0.39 is 46.2 Å². The monoisotopic (exact) mass is 700 g/mol. The Kier molecular flexibility index (Phi) is 9.43. The molecule has 3 aromatic rings. The normalized spacial score (nSPS) is 20.0. The number of aryl methyl sites for hydroxylation is 1. The highest BCUT2D eigenvalue weighted by atomic mass is 79.9. The number of hydrogen-bond donors (Lipinski definition) is 0. The first-order chi connectivity index (χ1) is 20.8. The van der Waals surface area contributed by atoms with Crippen LogP contribution in [0.15, 0.2) is 45.0 Å². The van der Waals surface area contributed by atoms with Crippen molar-refractivity contribution in [1.29, 1.82) is 0 Å². The zero-order valence-corrected chi connectivity index (χ0v) is 26.4. The van der Waals surface area contributed by atoms with Gasteiger partial charge in [-0.1, -0.05) is 6.58 Å². The standard InChI is InChI=1S/C30H30BrF5N4O3S/c1-4-24(41)39-14-17(3)40(15-16(39)2)28-19-11-20(30(34,35)36)25(18-12-21(31)23(33)13-22(18)32)27-26(19)38(29(42)37-28)7-5-8-43-9-6-10-44-27/h4,11-13,16-17H,1,5-10,14-15H2,2-3H3/t16-,17+/m1/s1. The third kappa shape index (κ3) is 6.12. The van der Waals surface area contributed by atoms with Crippen LogP contribution >= 0.6 is 27.7 Å². The molecular weight excluding hydrogens is 671 g/mol. The minimum atomic E-state index is -4.95. The van der Waals surface area contributed by atoms with Crippen LogP contribution in [0, 0.1) is 11.6 Å². The van der Waals surface area contributed by atoms with Crippen LogP contribution in [0.5, 0.6) is 0 Å². The van der Waals surface area contributed by atoms with E-state index in [4.69, 9.17) is 4.74 Å². The Bertz CT molecular complexity index is 1680. The summed E-state index contributed by atoms with van der Waals surface area (Å²) in [5, 5.41) is 0.0764. The first-order valence-corrected chi connectivity index (χ1v) is 15.8. The van der Waals surface area contributed by atoms with Crippen molar-refractivity contribution in [3.63, 3.8) is 0 Å². The molecule has 2 aliphatic rings. The van der Waals surface area contributed by atoms with Gasteiger partial charge >= 0.3 is 11.9 Å². The van der Waals surface area contributed by atoms with E-state index in [0.717, 1.165) is 23.9 Å². The van der Waals surface area contributed by atoms with Gasteiger partial charge in [0.2, 0.25) is 5.91 Å². The number of amides is 1. The van der Waals surface area contributed by atoms with E-state index in [0.29, 0.717) is 37.9 Å². The average Bonchev–Trinajstić information content (AvgIpc) is 3.01. The van der Waals surface area contributed by atoms with Crippen LogP contribution in [0.1, 0.15) is 32.3 Å². The number of thioether (sulfide) groups is 1. The first-order valence-electron chi connectivity index (χ1n) is 14.1. The lowest BCUT2D eigenvalue weighted by Crippen LogP contribution is -2.58. The highest BCUT2D eigenvalue weighted by Crippen LogP contribution is 2.49. The fraction of sp³-hybridized carbons (Fsp3) is 0.433. The molecule has 236 valence electrons. The molecule has 7 nitrogen and oxygen atoms in total. The highest BCUT2D eigenvalue weighted by molar-refractivity contribution is 9.10. The minimum Gasteiger partial charge on any atom is -0.381 e. The summed E-state index contributed by atoms with van der Waals surface area (Å²) in [6.07, 6.45) is -2.86. The molecule has 14 heteroatoms. The molecule has 0 bridgehead atoms. The molecule has 44 heavy (non-hydrogen) atoms. The first kappa shape index (κ1) is 32.4. The Morgan fingerprint density at radius 3 is 2.55 bits per heavy atom. The summed E-state index contributed by atoms with van der Waals surface area (Å²) in [4.78, 5) is 33.9. The van der Waals surface area contributed by atoms with Crippen molar-refractivity contribution in [2.75, 3.05) is 37.0 Å². The second-order valence-electron chi connectivity index (χ2n) is 10.9. The van der Waals surface area contributed by atoms with Crippen LogP contribution in [-0.4, -0.2) is 64.5 Å². The largest absolute Gasteiger partial charge is 0.417 e. The predicted molar refractivity (Wildman–Crippen MR) is 163 cm³/mol. The van der Waals surface area contributed by atoms with E-state index in [1.807, 2.05) is 0 Å². The molecule has 0 saturated carbocycles. The van der Waals surface area contributed by atoms with Gasteiger partial charge in [0.05, 0.1) is 15.6 Å². The van der Waals surface area contributed by atoms with Crippen molar-refractivity contribution in [1.82, 2.24) is 14.5 Å². The molecule has 0 unspecified atom stereocenters. The fourth-order valence-electron chi connectivity index (χ4n) is 5.77. The second-order valence-corrected chi connectivity index (χ2v) is 12.8. The number of anilines is 1. The SMILES string of the molecule is C=CC(=O)N1C[C@H](C)N(c2nc(=O)n3c4c(c(-c5cc(Br)c(F)cc5F)c(C(F)(F)F)cc24)SCCCOCCC3)C[C@H]1C. The maximum atomic E-state index is 15.4. The third-order valence-electron chi connectivity index (χ3n) is 7.85. The number of halogens is 6. The molecule has 2 aromatic carbocycles. The van der Waals surface area contributed by atoms with Crippen molar-refractivity contribution in [3.05, 3.63) is 63.0 Å². The van der Waals surface area contributed by atoms with Gasteiger partial charge in [0, 0.05) is 78.2 Å². The van der Waals surface area contributed by atoms with E-state index in [1.54, 1.807) is 23.6 Å². The third-order valence-corrected chi connectivity index (χ3v) is 9.64. The number of piperazine rings is 1. The Balaban J connectivity index is 1.88. The summed E-state index contributed by atoms with van der Waals surface area (Å²) in [5.74, 6) is -2.04. The Hall–Kier alpha value is -2.97. The Labute approximate surface area is 263 Å².